The number of hydrogen-bond acceptors (Lipinski definition) is 5. The molecule has 6 nitrogen and oxygen atoms in total. The van der Waals surface area contributed by atoms with E-state index in [9.17, 15) is 14.7 Å². The van der Waals surface area contributed by atoms with Gasteiger partial charge < -0.3 is 20.2 Å². The van der Waals surface area contributed by atoms with Crippen molar-refractivity contribution in [2.45, 2.75) is 25.5 Å². The molecule has 2 heterocycles. The van der Waals surface area contributed by atoms with E-state index in [1.807, 2.05) is 0 Å². The second kappa shape index (κ2) is 4.91. The lowest BCUT2D eigenvalue weighted by Gasteiger charge is -2.44. The van der Waals surface area contributed by atoms with Crippen LogP contribution in [-0.4, -0.2) is 56.6 Å². The van der Waals surface area contributed by atoms with Crippen molar-refractivity contribution in [3.05, 3.63) is 10.6 Å². The Bertz CT molecular complexity index is 420. The molecule has 3 N–H and O–H groups in total. The first-order valence-corrected chi connectivity index (χ1v) is 6.68. The van der Waals surface area contributed by atoms with Crippen LogP contribution in [0, 0.1) is 5.92 Å². The molecule has 1 fully saturated rings. The third-order valence-corrected chi connectivity index (χ3v) is 4.35. The van der Waals surface area contributed by atoms with Crippen molar-refractivity contribution in [2.24, 2.45) is 5.92 Å². The number of aliphatic hydroxyl groups excluding tert-OH is 2. The largest absolute Gasteiger partial charge is 0.477 e. The summed E-state index contributed by atoms with van der Waals surface area (Å²) < 4.78 is 0. The number of rotatable bonds is 5. The molecule has 100 valence electrons. The molecular formula is C11H15NO5S. The number of fused-ring (bicyclic) bond motifs is 1. The summed E-state index contributed by atoms with van der Waals surface area (Å²) in [6, 6.07) is -0.246. The number of amides is 1. The van der Waals surface area contributed by atoms with Gasteiger partial charge in [0.05, 0.1) is 24.7 Å². The molecule has 0 bridgehead atoms. The maximum absolute atomic E-state index is 11.8. The minimum Gasteiger partial charge on any atom is -0.477 e. The van der Waals surface area contributed by atoms with Gasteiger partial charge in [0, 0.05) is 17.1 Å². The van der Waals surface area contributed by atoms with Crippen LogP contribution in [0.15, 0.2) is 10.6 Å². The van der Waals surface area contributed by atoms with Gasteiger partial charge in [-0.1, -0.05) is 0 Å². The van der Waals surface area contributed by atoms with Gasteiger partial charge in [0.25, 0.3) is 0 Å². The van der Waals surface area contributed by atoms with Gasteiger partial charge >= 0.3 is 5.97 Å². The topological polar surface area (TPSA) is 98.1 Å². The van der Waals surface area contributed by atoms with Gasteiger partial charge in [0.1, 0.15) is 5.70 Å². The highest BCUT2D eigenvalue weighted by Crippen LogP contribution is 2.46. The van der Waals surface area contributed by atoms with Gasteiger partial charge in [0.2, 0.25) is 5.91 Å². The lowest BCUT2D eigenvalue weighted by molar-refractivity contribution is -0.161. The van der Waals surface area contributed by atoms with Crippen LogP contribution in [0.1, 0.15) is 13.3 Å². The van der Waals surface area contributed by atoms with Gasteiger partial charge in [-0.05, 0) is 6.92 Å². The number of thioether (sulfide) groups is 1. The molecule has 1 amide bonds. The lowest BCUT2D eigenvalue weighted by Crippen LogP contribution is -2.61. The summed E-state index contributed by atoms with van der Waals surface area (Å²) in [5.41, 5.74) is 0.0142. The number of aliphatic carboxylic acids is 1. The van der Waals surface area contributed by atoms with Gasteiger partial charge in [0.15, 0.2) is 0 Å². The number of β-lactam (4-membered cyclic amide) rings is 1. The van der Waals surface area contributed by atoms with Crippen molar-refractivity contribution in [3.63, 3.8) is 0 Å². The Hall–Kier alpha value is -1.05. The van der Waals surface area contributed by atoms with Crippen LogP contribution in [0.2, 0.25) is 0 Å². The number of carboxylic acid groups (broad SMARTS) is 1. The summed E-state index contributed by atoms with van der Waals surface area (Å²) in [5, 5.41) is 27.5. The quantitative estimate of drug-likeness (QED) is 0.591. The van der Waals surface area contributed by atoms with Gasteiger partial charge in [-0.3, -0.25) is 4.79 Å². The second-order valence-electron chi connectivity index (χ2n) is 4.40. The van der Waals surface area contributed by atoms with Crippen molar-refractivity contribution in [1.82, 2.24) is 4.90 Å². The normalized spacial score (nSPS) is 28.2. The number of aliphatic hydroxyl groups is 2. The molecule has 0 saturated carbocycles. The predicted molar refractivity (Wildman–Crippen MR) is 64.6 cm³/mol. The van der Waals surface area contributed by atoms with Crippen LogP contribution in [0.4, 0.5) is 0 Å². The zero-order chi connectivity index (χ0) is 13.4. The molecule has 0 unspecified atom stereocenters. The highest BCUT2D eigenvalue weighted by atomic mass is 32.2. The minimum absolute atomic E-state index is 0.0142. The van der Waals surface area contributed by atoms with Crippen LogP contribution in [0.25, 0.3) is 0 Å². The molecule has 7 heteroatoms. The first-order chi connectivity index (χ1) is 8.49. The van der Waals surface area contributed by atoms with Gasteiger partial charge in [-0.25, -0.2) is 4.79 Å². The highest BCUT2D eigenvalue weighted by molar-refractivity contribution is 8.03. The van der Waals surface area contributed by atoms with Crippen molar-refractivity contribution >= 4 is 23.6 Å². The summed E-state index contributed by atoms with van der Waals surface area (Å²) in [4.78, 5) is 24.9. The molecule has 3 atom stereocenters. The molecule has 0 aromatic rings. The molecule has 0 radical (unpaired) electrons. The van der Waals surface area contributed by atoms with Crippen molar-refractivity contribution < 1.29 is 24.9 Å². The first kappa shape index (κ1) is 13.4. The summed E-state index contributed by atoms with van der Waals surface area (Å²) in [6.45, 7) is 1.50. The van der Waals surface area contributed by atoms with E-state index in [1.165, 1.54) is 16.7 Å². The Morgan fingerprint density at radius 1 is 1.61 bits per heavy atom. The lowest BCUT2D eigenvalue weighted by atomic mass is 9.83. The number of carbonyl (C=O) groups is 2. The van der Waals surface area contributed by atoms with Gasteiger partial charge in [-0.15, -0.1) is 11.8 Å². The molecule has 0 spiro atoms. The smallest absolute Gasteiger partial charge is 0.353 e. The number of nitrogens with zero attached hydrogens (tertiary/aromatic N) is 1. The number of carboxylic acids is 1. The number of hydrogen-bond donors (Lipinski definition) is 3. The van der Waals surface area contributed by atoms with E-state index in [1.54, 1.807) is 6.92 Å². The van der Waals surface area contributed by atoms with Gasteiger partial charge in [-0.2, -0.15) is 0 Å². The van der Waals surface area contributed by atoms with E-state index < -0.39 is 18.0 Å². The summed E-state index contributed by atoms with van der Waals surface area (Å²) >= 11 is 1.26. The molecule has 0 aromatic carbocycles. The molecule has 18 heavy (non-hydrogen) atoms. The summed E-state index contributed by atoms with van der Waals surface area (Å²) in [6.07, 6.45) is -0.316. The van der Waals surface area contributed by atoms with Crippen LogP contribution in [0.5, 0.6) is 0 Å². The molecular weight excluding hydrogens is 258 g/mol. The Kier molecular flexibility index (Phi) is 3.65. The van der Waals surface area contributed by atoms with Crippen molar-refractivity contribution in [1.29, 1.82) is 0 Å². The Morgan fingerprint density at radius 3 is 2.78 bits per heavy atom. The third-order valence-electron chi connectivity index (χ3n) is 3.26. The van der Waals surface area contributed by atoms with E-state index in [0.717, 1.165) is 0 Å². The SMILES string of the molecule is C[C@H](O)[C@@H]1C(=O)N2C(C(=O)O)=C(SCCO)C[C@H]12. The first-order valence-electron chi connectivity index (χ1n) is 5.70. The molecule has 2 aliphatic heterocycles. The zero-order valence-electron chi connectivity index (χ0n) is 9.87. The fourth-order valence-corrected chi connectivity index (χ4v) is 3.48. The summed E-state index contributed by atoms with van der Waals surface area (Å²) in [5.74, 6) is -1.56. The standard InChI is InChI=1S/C11H15NO5S/c1-5(14)8-6-4-7(18-3-2-13)9(11(16)17)12(6)10(8)15/h5-6,8,13-14H,2-4H2,1H3,(H,16,17)/t5-,6+,8-/m0/s1. The molecule has 2 aliphatic rings. The number of carbonyl (C=O) groups excluding carboxylic acids is 1. The highest BCUT2D eigenvalue weighted by Gasteiger charge is 2.56. The maximum Gasteiger partial charge on any atom is 0.353 e. The zero-order valence-corrected chi connectivity index (χ0v) is 10.7. The Morgan fingerprint density at radius 2 is 2.28 bits per heavy atom. The average molecular weight is 273 g/mol. The van der Waals surface area contributed by atoms with Crippen molar-refractivity contribution in [3.8, 4) is 0 Å². The molecule has 0 aromatic heterocycles. The average Bonchev–Trinajstić information content (AvgIpc) is 2.60. The third kappa shape index (κ3) is 1.92. The van der Waals surface area contributed by atoms with E-state index in [-0.39, 0.29) is 24.3 Å². The van der Waals surface area contributed by atoms with E-state index in [2.05, 4.69) is 0 Å². The fourth-order valence-electron chi connectivity index (χ4n) is 2.53. The van der Waals surface area contributed by atoms with Crippen LogP contribution >= 0.6 is 11.8 Å². The van der Waals surface area contributed by atoms with E-state index in [4.69, 9.17) is 10.2 Å². The fraction of sp³-hybridized carbons (Fsp3) is 0.636. The minimum atomic E-state index is -1.13. The predicted octanol–water partition coefficient (Wildman–Crippen LogP) is -0.380. The Labute approximate surface area is 108 Å². The maximum atomic E-state index is 11.8. The summed E-state index contributed by atoms with van der Waals surface area (Å²) in [7, 11) is 0. The molecule has 1 saturated heterocycles. The Balaban J connectivity index is 2.21. The monoisotopic (exact) mass is 273 g/mol. The van der Waals surface area contributed by atoms with E-state index >= 15 is 0 Å². The molecule has 0 aliphatic carbocycles. The second-order valence-corrected chi connectivity index (χ2v) is 5.58. The van der Waals surface area contributed by atoms with Crippen LogP contribution < -0.4 is 0 Å². The van der Waals surface area contributed by atoms with Crippen LogP contribution in [-0.2, 0) is 9.59 Å². The van der Waals surface area contributed by atoms with Crippen LogP contribution in [0.3, 0.4) is 0 Å². The van der Waals surface area contributed by atoms with Crippen molar-refractivity contribution in [2.75, 3.05) is 12.4 Å². The molecule has 2 rings (SSSR count). The van der Waals surface area contributed by atoms with E-state index in [0.29, 0.717) is 17.1 Å².